The molecule has 218 valence electrons. The van der Waals surface area contributed by atoms with E-state index < -0.39 is 42.0 Å². The number of hydrogen-bond donors (Lipinski definition) is 2. The van der Waals surface area contributed by atoms with Crippen LogP contribution in [0.5, 0.6) is 0 Å². The minimum Gasteiger partial charge on any atom is -0.463 e. The average Bonchev–Trinajstić information content (AvgIpc) is 3.35. The van der Waals surface area contributed by atoms with E-state index in [0.717, 1.165) is 17.5 Å². The SMILES string of the molecule is CCOC(=O)c1cccc(C(OC(=O)Nc2ccc3c(cnn3C(=O)O)c2)[C@@H]2CCCCN2C(=O)OC(C)(C)C)c1. The van der Waals surface area contributed by atoms with Crippen LogP contribution in [-0.2, 0) is 14.2 Å². The number of esters is 1. The topological polar surface area (TPSA) is 149 Å². The predicted molar refractivity (Wildman–Crippen MR) is 149 cm³/mol. The molecule has 2 heterocycles. The highest BCUT2D eigenvalue weighted by Gasteiger charge is 2.38. The third-order valence-electron chi connectivity index (χ3n) is 6.48. The van der Waals surface area contributed by atoms with Crippen molar-refractivity contribution < 1.29 is 38.5 Å². The Morgan fingerprint density at radius 3 is 2.61 bits per heavy atom. The molecule has 1 fully saturated rings. The minimum absolute atomic E-state index is 0.205. The van der Waals surface area contributed by atoms with Gasteiger partial charge in [0.1, 0.15) is 11.7 Å². The van der Waals surface area contributed by atoms with E-state index >= 15 is 0 Å². The van der Waals surface area contributed by atoms with Crippen molar-refractivity contribution in [1.82, 2.24) is 14.7 Å². The number of hydrogen-bond acceptors (Lipinski definition) is 8. The number of carboxylic acid groups (broad SMARTS) is 1. The Kier molecular flexibility index (Phi) is 8.80. The normalized spacial score (nSPS) is 16.1. The van der Waals surface area contributed by atoms with E-state index in [-0.39, 0.29) is 6.61 Å². The Bertz CT molecular complexity index is 1440. The maximum absolute atomic E-state index is 13.2. The first-order valence-electron chi connectivity index (χ1n) is 13.4. The van der Waals surface area contributed by atoms with E-state index in [2.05, 4.69) is 10.4 Å². The smallest absolute Gasteiger partial charge is 0.432 e. The van der Waals surface area contributed by atoms with Gasteiger partial charge in [0.15, 0.2) is 0 Å². The fourth-order valence-corrected chi connectivity index (χ4v) is 4.77. The standard InChI is InChI=1S/C29H34N4O8/c1-5-39-25(34)19-10-8-9-18(15-19)24(23-11-6-7-14-32(23)28(38)41-29(2,3)4)40-26(35)31-21-12-13-22-20(16-21)17-30-33(22)27(36)37/h8-10,12-13,15-17,23-24H,5-7,11,14H2,1-4H3,(H,31,35)(H,36,37)/t23-,24?/m0/s1. The number of likely N-dealkylation sites (tertiary alicyclic amines) is 1. The molecule has 2 atom stereocenters. The summed E-state index contributed by atoms with van der Waals surface area (Å²) in [4.78, 5) is 51.8. The predicted octanol–water partition coefficient (Wildman–Crippen LogP) is 5.82. The molecule has 12 heteroatoms. The van der Waals surface area contributed by atoms with Gasteiger partial charge in [-0.2, -0.15) is 9.78 Å². The Balaban J connectivity index is 1.64. The number of nitrogens with one attached hydrogen (secondary N) is 1. The van der Waals surface area contributed by atoms with E-state index in [4.69, 9.17) is 14.2 Å². The number of carbonyl (C=O) groups is 4. The Labute approximate surface area is 237 Å². The number of aromatic nitrogens is 2. The van der Waals surface area contributed by atoms with Crippen molar-refractivity contribution in [2.45, 2.75) is 64.7 Å². The van der Waals surface area contributed by atoms with Gasteiger partial charge < -0.3 is 24.2 Å². The Morgan fingerprint density at radius 2 is 1.90 bits per heavy atom. The molecule has 1 aromatic heterocycles. The molecule has 0 bridgehead atoms. The molecule has 0 aliphatic carbocycles. The van der Waals surface area contributed by atoms with Gasteiger partial charge in [-0.05, 0) is 82.9 Å². The van der Waals surface area contributed by atoms with Crippen molar-refractivity contribution in [1.29, 1.82) is 0 Å². The van der Waals surface area contributed by atoms with Crippen LogP contribution >= 0.6 is 0 Å². The van der Waals surface area contributed by atoms with Gasteiger partial charge >= 0.3 is 24.2 Å². The van der Waals surface area contributed by atoms with Gasteiger partial charge in [0, 0.05) is 17.6 Å². The van der Waals surface area contributed by atoms with Crippen LogP contribution in [0.4, 0.5) is 20.1 Å². The second-order valence-electron chi connectivity index (χ2n) is 10.6. The second-order valence-corrected chi connectivity index (χ2v) is 10.6. The van der Waals surface area contributed by atoms with Gasteiger partial charge in [-0.1, -0.05) is 12.1 Å². The Morgan fingerprint density at radius 1 is 1.12 bits per heavy atom. The molecular weight excluding hydrogens is 532 g/mol. The molecule has 2 N–H and O–H groups in total. The number of fused-ring (bicyclic) bond motifs is 1. The Hall–Kier alpha value is -4.61. The third-order valence-corrected chi connectivity index (χ3v) is 6.48. The molecule has 2 aromatic carbocycles. The molecular formula is C29H34N4O8. The molecule has 1 aliphatic heterocycles. The zero-order valence-electron chi connectivity index (χ0n) is 23.5. The molecule has 1 saturated heterocycles. The van der Waals surface area contributed by atoms with Gasteiger partial charge in [-0.15, -0.1) is 0 Å². The molecule has 3 aromatic rings. The van der Waals surface area contributed by atoms with Gasteiger partial charge in [-0.3, -0.25) is 5.32 Å². The number of anilines is 1. The van der Waals surface area contributed by atoms with Crippen molar-refractivity contribution >= 4 is 40.8 Å². The average molecular weight is 567 g/mol. The van der Waals surface area contributed by atoms with E-state index in [0.29, 0.717) is 40.7 Å². The summed E-state index contributed by atoms with van der Waals surface area (Å²) < 4.78 is 17.6. The number of ether oxygens (including phenoxy) is 3. The fraction of sp³-hybridized carbons (Fsp3) is 0.414. The van der Waals surface area contributed by atoms with Crippen molar-refractivity contribution in [3.63, 3.8) is 0 Å². The first kappa shape index (κ1) is 29.4. The zero-order valence-corrected chi connectivity index (χ0v) is 23.5. The van der Waals surface area contributed by atoms with Crippen LogP contribution in [-0.4, -0.2) is 68.8 Å². The summed E-state index contributed by atoms with van der Waals surface area (Å²) in [6.45, 7) is 7.68. The lowest BCUT2D eigenvalue weighted by Crippen LogP contribution is -2.49. The highest BCUT2D eigenvalue weighted by molar-refractivity contribution is 5.93. The van der Waals surface area contributed by atoms with Gasteiger partial charge in [0.2, 0.25) is 0 Å². The molecule has 1 aliphatic rings. The summed E-state index contributed by atoms with van der Waals surface area (Å²) >= 11 is 0. The largest absolute Gasteiger partial charge is 0.463 e. The summed E-state index contributed by atoms with van der Waals surface area (Å²) in [5.41, 5.74) is 0.812. The molecule has 0 radical (unpaired) electrons. The minimum atomic E-state index is -1.23. The number of amides is 2. The van der Waals surface area contributed by atoms with E-state index in [1.807, 2.05) is 0 Å². The van der Waals surface area contributed by atoms with Gasteiger partial charge in [0.05, 0.1) is 29.9 Å². The molecule has 12 nitrogen and oxygen atoms in total. The van der Waals surface area contributed by atoms with Crippen LogP contribution < -0.4 is 5.32 Å². The van der Waals surface area contributed by atoms with Gasteiger partial charge in [-0.25, -0.2) is 19.2 Å². The highest BCUT2D eigenvalue weighted by Crippen LogP contribution is 2.34. The summed E-state index contributed by atoms with van der Waals surface area (Å²) in [5.74, 6) is -0.514. The first-order chi connectivity index (χ1) is 19.5. The van der Waals surface area contributed by atoms with Crippen molar-refractivity contribution in [2.75, 3.05) is 18.5 Å². The third kappa shape index (κ3) is 7.13. The van der Waals surface area contributed by atoms with E-state index in [9.17, 15) is 24.3 Å². The number of benzene rings is 2. The lowest BCUT2D eigenvalue weighted by Gasteiger charge is -2.40. The molecule has 41 heavy (non-hydrogen) atoms. The number of carbonyl (C=O) groups excluding carboxylic acids is 3. The van der Waals surface area contributed by atoms with Crippen LogP contribution in [0, 0.1) is 0 Å². The van der Waals surface area contributed by atoms with Crippen molar-refractivity contribution in [3.05, 3.63) is 59.8 Å². The number of nitrogens with zero attached hydrogens (tertiary/aromatic N) is 3. The molecule has 4 rings (SSSR count). The van der Waals surface area contributed by atoms with Crippen LogP contribution in [0.1, 0.15) is 69.0 Å². The van der Waals surface area contributed by atoms with Crippen molar-refractivity contribution in [3.8, 4) is 0 Å². The van der Waals surface area contributed by atoms with E-state index in [1.165, 1.54) is 18.3 Å². The lowest BCUT2D eigenvalue weighted by molar-refractivity contribution is -0.0200. The number of rotatable bonds is 6. The zero-order chi connectivity index (χ0) is 29.7. The maximum Gasteiger partial charge on any atom is 0.432 e. The van der Waals surface area contributed by atoms with Gasteiger partial charge in [0.25, 0.3) is 0 Å². The van der Waals surface area contributed by atoms with Crippen LogP contribution in [0.2, 0.25) is 0 Å². The van der Waals surface area contributed by atoms with Crippen LogP contribution in [0.25, 0.3) is 10.9 Å². The van der Waals surface area contributed by atoms with E-state index in [1.54, 1.807) is 62.9 Å². The molecule has 2 amide bonds. The molecule has 0 saturated carbocycles. The quantitative estimate of drug-likeness (QED) is 0.278. The summed E-state index contributed by atoms with van der Waals surface area (Å²) in [7, 11) is 0. The maximum atomic E-state index is 13.2. The van der Waals surface area contributed by atoms with Crippen molar-refractivity contribution in [2.24, 2.45) is 0 Å². The van der Waals surface area contributed by atoms with Crippen LogP contribution in [0.15, 0.2) is 48.7 Å². The monoisotopic (exact) mass is 566 g/mol. The second kappa shape index (κ2) is 12.3. The number of piperidine rings is 1. The lowest BCUT2D eigenvalue weighted by atomic mass is 9.92. The summed E-state index contributed by atoms with van der Waals surface area (Å²) in [6, 6.07) is 10.7. The summed E-state index contributed by atoms with van der Waals surface area (Å²) in [6.07, 6.45) is 0.0148. The highest BCUT2D eigenvalue weighted by atomic mass is 16.6. The molecule has 0 spiro atoms. The fourth-order valence-electron chi connectivity index (χ4n) is 4.77. The first-order valence-corrected chi connectivity index (χ1v) is 13.4. The summed E-state index contributed by atoms with van der Waals surface area (Å²) in [5, 5.41) is 16.3. The molecule has 1 unspecified atom stereocenters. The van der Waals surface area contributed by atoms with Crippen LogP contribution in [0.3, 0.4) is 0 Å².